The highest BCUT2D eigenvalue weighted by Crippen LogP contribution is 2.13. The fraction of sp³-hybridized carbons (Fsp3) is 0.444. The lowest BCUT2D eigenvalue weighted by Crippen LogP contribution is -2.41. The average Bonchev–Trinajstić information content (AvgIpc) is 2.54. The van der Waals surface area contributed by atoms with Crippen molar-refractivity contribution in [2.75, 3.05) is 0 Å². The number of hydrogen-bond donors (Lipinski definition) is 2. The molecule has 1 aromatic rings. The quantitative estimate of drug-likeness (QED) is 0.656. The molecular formula is C9H12N4O. The number of rotatable bonds is 2. The summed E-state index contributed by atoms with van der Waals surface area (Å²) in [6, 6.07) is 0. The SMILES string of the molecule is CC#CC(=O)NC(C)(C)c1ncn[nH]1. The molecule has 5 nitrogen and oxygen atoms in total. The normalized spacial score (nSPS) is 10.2. The summed E-state index contributed by atoms with van der Waals surface area (Å²) in [4.78, 5) is 15.2. The van der Waals surface area contributed by atoms with Crippen LogP contribution in [-0.4, -0.2) is 21.1 Å². The van der Waals surface area contributed by atoms with Crippen LogP contribution in [0.3, 0.4) is 0 Å². The van der Waals surface area contributed by atoms with Crippen LogP contribution >= 0.6 is 0 Å². The Labute approximate surface area is 82.3 Å². The molecular weight excluding hydrogens is 180 g/mol. The Morgan fingerprint density at radius 2 is 2.36 bits per heavy atom. The Hall–Kier alpha value is -1.83. The molecule has 14 heavy (non-hydrogen) atoms. The van der Waals surface area contributed by atoms with E-state index in [1.807, 2.05) is 13.8 Å². The minimum atomic E-state index is -0.586. The maximum atomic E-state index is 11.2. The number of amides is 1. The van der Waals surface area contributed by atoms with E-state index in [0.29, 0.717) is 5.82 Å². The van der Waals surface area contributed by atoms with Crippen LogP contribution in [0.2, 0.25) is 0 Å². The first-order valence-electron chi connectivity index (χ1n) is 4.17. The molecule has 0 saturated heterocycles. The third-order valence-corrected chi connectivity index (χ3v) is 1.67. The molecule has 0 spiro atoms. The highest BCUT2D eigenvalue weighted by atomic mass is 16.1. The van der Waals surface area contributed by atoms with E-state index in [2.05, 4.69) is 32.3 Å². The summed E-state index contributed by atoms with van der Waals surface area (Å²) in [6.45, 7) is 5.26. The first kappa shape index (κ1) is 10.3. The first-order chi connectivity index (χ1) is 6.56. The summed E-state index contributed by atoms with van der Waals surface area (Å²) >= 11 is 0. The summed E-state index contributed by atoms with van der Waals surface area (Å²) in [7, 11) is 0. The molecule has 0 aliphatic carbocycles. The number of nitrogens with zero attached hydrogens (tertiary/aromatic N) is 2. The Morgan fingerprint density at radius 1 is 1.64 bits per heavy atom. The van der Waals surface area contributed by atoms with Gasteiger partial charge in [0.15, 0.2) is 0 Å². The Morgan fingerprint density at radius 3 is 2.86 bits per heavy atom. The molecule has 0 fully saturated rings. The second kappa shape index (κ2) is 3.92. The second-order valence-electron chi connectivity index (χ2n) is 3.29. The van der Waals surface area contributed by atoms with Gasteiger partial charge in [0.05, 0.1) is 5.54 Å². The van der Waals surface area contributed by atoms with Crippen molar-refractivity contribution in [3.63, 3.8) is 0 Å². The third-order valence-electron chi connectivity index (χ3n) is 1.67. The number of H-pyrrole nitrogens is 1. The lowest BCUT2D eigenvalue weighted by molar-refractivity contribution is -0.117. The molecule has 0 aliphatic heterocycles. The Bertz CT molecular complexity index is 369. The Kier molecular flexibility index (Phi) is 2.87. The molecule has 2 N–H and O–H groups in total. The average molecular weight is 192 g/mol. The largest absolute Gasteiger partial charge is 0.333 e. The van der Waals surface area contributed by atoms with Crippen LogP contribution in [0.15, 0.2) is 6.33 Å². The van der Waals surface area contributed by atoms with Gasteiger partial charge in [0.25, 0.3) is 5.91 Å². The van der Waals surface area contributed by atoms with Gasteiger partial charge in [0.1, 0.15) is 12.2 Å². The number of aromatic nitrogens is 3. The highest BCUT2D eigenvalue weighted by Gasteiger charge is 2.24. The predicted molar refractivity (Wildman–Crippen MR) is 51.0 cm³/mol. The minimum absolute atomic E-state index is 0.325. The van der Waals surface area contributed by atoms with Gasteiger partial charge in [-0.15, -0.1) is 0 Å². The molecule has 1 aromatic heterocycles. The van der Waals surface area contributed by atoms with E-state index < -0.39 is 5.54 Å². The van der Waals surface area contributed by atoms with E-state index in [4.69, 9.17) is 0 Å². The molecule has 1 heterocycles. The maximum absolute atomic E-state index is 11.2. The maximum Gasteiger partial charge on any atom is 0.296 e. The van der Waals surface area contributed by atoms with Gasteiger partial charge >= 0.3 is 0 Å². The topological polar surface area (TPSA) is 70.7 Å². The fourth-order valence-corrected chi connectivity index (χ4v) is 0.994. The van der Waals surface area contributed by atoms with Gasteiger partial charge in [-0.2, -0.15) is 5.10 Å². The van der Waals surface area contributed by atoms with Crippen molar-refractivity contribution >= 4 is 5.91 Å². The smallest absolute Gasteiger partial charge is 0.296 e. The number of carbonyl (C=O) groups excluding carboxylic acids is 1. The molecule has 0 atom stereocenters. The number of carbonyl (C=O) groups is 1. The van der Waals surface area contributed by atoms with Crippen molar-refractivity contribution in [1.29, 1.82) is 0 Å². The molecule has 0 aliphatic rings. The van der Waals surface area contributed by atoms with Crippen LogP contribution in [0, 0.1) is 11.8 Å². The van der Waals surface area contributed by atoms with E-state index in [9.17, 15) is 4.79 Å². The summed E-state index contributed by atoms with van der Waals surface area (Å²) in [5, 5.41) is 9.13. The predicted octanol–water partition coefficient (Wildman–Crippen LogP) is 0.179. The van der Waals surface area contributed by atoms with Crippen molar-refractivity contribution in [2.45, 2.75) is 26.3 Å². The van der Waals surface area contributed by atoms with Crippen LogP contribution in [0.1, 0.15) is 26.6 Å². The third kappa shape index (κ3) is 2.33. The van der Waals surface area contributed by atoms with Gasteiger partial charge in [-0.05, 0) is 26.7 Å². The summed E-state index contributed by atoms with van der Waals surface area (Å²) in [5.41, 5.74) is -0.586. The zero-order valence-electron chi connectivity index (χ0n) is 8.38. The molecule has 0 radical (unpaired) electrons. The fourth-order valence-electron chi connectivity index (χ4n) is 0.994. The van der Waals surface area contributed by atoms with Gasteiger partial charge in [-0.3, -0.25) is 9.89 Å². The second-order valence-corrected chi connectivity index (χ2v) is 3.29. The molecule has 5 heteroatoms. The summed E-state index contributed by atoms with van der Waals surface area (Å²) in [6.07, 6.45) is 1.40. The standard InChI is InChI=1S/C9H12N4O/c1-4-5-7(14)12-9(2,3)8-10-6-11-13-8/h6H,1-3H3,(H,12,14)(H,10,11,13). The van der Waals surface area contributed by atoms with E-state index in [1.54, 1.807) is 6.92 Å². The number of aromatic amines is 1. The van der Waals surface area contributed by atoms with Crippen molar-refractivity contribution in [3.8, 4) is 11.8 Å². The molecule has 74 valence electrons. The van der Waals surface area contributed by atoms with Gasteiger partial charge in [0.2, 0.25) is 0 Å². The zero-order valence-corrected chi connectivity index (χ0v) is 8.38. The van der Waals surface area contributed by atoms with E-state index in [1.165, 1.54) is 6.33 Å². The van der Waals surface area contributed by atoms with Crippen molar-refractivity contribution in [3.05, 3.63) is 12.2 Å². The van der Waals surface area contributed by atoms with Crippen LogP contribution in [0.4, 0.5) is 0 Å². The Balaban J connectivity index is 2.75. The van der Waals surface area contributed by atoms with Crippen molar-refractivity contribution in [2.24, 2.45) is 0 Å². The van der Waals surface area contributed by atoms with Crippen molar-refractivity contribution < 1.29 is 4.79 Å². The molecule has 0 aromatic carbocycles. The van der Waals surface area contributed by atoms with E-state index in [0.717, 1.165) is 0 Å². The summed E-state index contributed by atoms with van der Waals surface area (Å²) < 4.78 is 0. The lowest BCUT2D eigenvalue weighted by atomic mass is 10.1. The number of nitrogens with one attached hydrogen (secondary N) is 2. The van der Waals surface area contributed by atoms with Crippen molar-refractivity contribution in [1.82, 2.24) is 20.5 Å². The van der Waals surface area contributed by atoms with Crippen LogP contribution < -0.4 is 5.32 Å². The molecule has 1 amide bonds. The minimum Gasteiger partial charge on any atom is -0.333 e. The first-order valence-corrected chi connectivity index (χ1v) is 4.17. The van der Waals surface area contributed by atoms with Gasteiger partial charge in [-0.1, -0.05) is 5.92 Å². The molecule has 0 unspecified atom stereocenters. The van der Waals surface area contributed by atoms with Crippen LogP contribution in [0.5, 0.6) is 0 Å². The zero-order chi connectivity index (χ0) is 10.6. The van der Waals surface area contributed by atoms with Gasteiger partial charge in [-0.25, -0.2) is 4.98 Å². The van der Waals surface area contributed by atoms with Crippen LogP contribution in [0.25, 0.3) is 0 Å². The van der Waals surface area contributed by atoms with E-state index >= 15 is 0 Å². The molecule has 0 saturated carbocycles. The van der Waals surface area contributed by atoms with Gasteiger partial charge < -0.3 is 5.32 Å². The van der Waals surface area contributed by atoms with E-state index in [-0.39, 0.29) is 5.91 Å². The summed E-state index contributed by atoms with van der Waals surface area (Å²) in [5.74, 6) is 5.20. The molecule has 1 rings (SSSR count). The van der Waals surface area contributed by atoms with Crippen LogP contribution in [-0.2, 0) is 10.3 Å². The monoisotopic (exact) mass is 192 g/mol. The molecule has 0 bridgehead atoms. The lowest BCUT2D eigenvalue weighted by Gasteiger charge is -2.21. The van der Waals surface area contributed by atoms with Gasteiger partial charge in [0, 0.05) is 0 Å². The number of hydrogen-bond acceptors (Lipinski definition) is 3. The highest BCUT2D eigenvalue weighted by molar-refractivity contribution is 5.93.